The molecule has 0 radical (unpaired) electrons. The first-order chi connectivity index (χ1) is 8.30. The highest BCUT2D eigenvalue weighted by atomic mass is 16.5. The number of hydrogen-bond acceptors (Lipinski definition) is 4. The molecule has 5 heteroatoms. The normalized spacial score (nSPS) is 34.1. The molecule has 1 spiro atoms. The van der Waals surface area contributed by atoms with E-state index in [2.05, 4.69) is 16.5 Å². The third-order valence-corrected chi connectivity index (χ3v) is 3.63. The zero-order valence-corrected chi connectivity index (χ0v) is 10.2. The highest BCUT2D eigenvalue weighted by molar-refractivity contribution is 5.14. The molecule has 0 aliphatic carbocycles. The first-order valence-corrected chi connectivity index (χ1v) is 6.25. The van der Waals surface area contributed by atoms with Crippen LogP contribution in [0.2, 0.25) is 0 Å². The summed E-state index contributed by atoms with van der Waals surface area (Å²) in [5.41, 5.74) is 0.836. The van der Waals surface area contributed by atoms with Crippen LogP contribution < -0.4 is 5.32 Å². The van der Waals surface area contributed by atoms with Crippen molar-refractivity contribution in [3.63, 3.8) is 0 Å². The maximum Gasteiger partial charge on any atom is 0.113 e. The van der Waals surface area contributed by atoms with Gasteiger partial charge in [0.05, 0.1) is 24.9 Å². The predicted molar refractivity (Wildman–Crippen MR) is 62.7 cm³/mol. The van der Waals surface area contributed by atoms with Gasteiger partial charge in [-0.05, 0) is 18.9 Å². The van der Waals surface area contributed by atoms with Crippen molar-refractivity contribution in [3.8, 4) is 0 Å². The van der Waals surface area contributed by atoms with Gasteiger partial charge in [-0.1, -0.05) is 0 Å². The van der Waals surface area contributed by atoms with Crippen molar-refractivity contribution in [2.24, 2.45) is 7.05 Å². The molecule has 0 saturated carbocycles. The highest BCUT2D eigenvalue weighted by Gasteiger charge is 2.45. The van der Waals surface area contributed by atoms with Crippen LogP contribution in [0.1, 0.15) is 24.6 Å². The second-order valence-corrected chi connectivity index (χ2v) is 4.87. The summed E-state index contributed by atoms with van der Waals surface area (Å²) in [6, 6.07) is 2.21. The van der Waals surface area contributed by atoms with E-state index < -0.39 is 0 Å². The van der Waals surface area contributed by atoms with Crippen molar-refractivity contribution in [1.29, 1.82) is 0 Å². The van der Waals surface area contributed by atoms with Crippen molar-refractivity contribution < 1.29 is 9.47 Å². The number of nitrogens with one attached hydrogen (secondary N) is 1. The maximum absolute atomic E-state index is 6.05. The Kier molecular flexibility index (Phi) is 2.90. The van der Waals surface area contributed by atoms with E-state index >= 15 is 0 Å². The Morgan fingerprint density at radius 3 is 3.18 bits per heavy atom. The summed E-state index contributed by atoms with van der Waals surface area (Å²) in [4.78, 5) is 0. The molecule has 1 aromatic heterocycles. The number of aromatic nitrogens is 2. The third-order valence-electron chi connectivity index (χ3n) is 3.63. The summed E-state index contributed by atoms with van der Waals surface area (Å²) in [5.74, 6) is 0. The first-order valence-electron chi connectivity index (χ1n) is 6.25. The Bertz CT molecular complexity index is 377. The standard InChI is InChI=1S/C12H19N3O2/c1-15-6-3-10(14-15)11-12(17-8-5-13-11)4-2-7-16-9-12/h3,6,11,13H,2,4-5,7-9H2,1H3. The minimum absolute atomic E-state index is 0.151. The summed E-state index contributed by atoms with van der Waals surface area (Å²) in [5, 5.41) is 8.03. The predicted octanol–water partition coefficient (Wildman–Crippen LogP) is 0.630. The molecule has 17 heavy (non-hydrogen) atoms. The van der Waals surface area contributed by atoms with Gasteiger partial charge in [-0.2, -0.15) is 5.10 Å². The number of nitrogens with zero attached hydrogens (tertiary/aromatic N) is 2. The van der Waals surface area contributed by atoms with Gasteiger partial charge in [0.1, 0.15) is 5.60 Å². The average molecular weight is 237 g/mol. The number of hydrogen-bond donors (Lipinski definition) is 1. The lowest BCUT2D eigenvalue weighted by atomic mass is 9.85. The van der Waals surface area contributed by atoms with Gasteiger partial charge in [-0.25, -0.2) is 0 Å². The molecule has 2 saturated heterocycles. The number of rotatable bonds is 1. The molecule has 5 nitrogen and oxygen atoms in total. The first kappa shape index (κ1) is 11.2. The minimum Gasteiger partial charge on any atom is -0.378 e. The fourth-order valence-corrected chi connectivity index (χ4v) is 2.82. The molecule has 2 atom stereocenters. The SMILES string of the molecule is Cn1ccc(C2NCCOC23CCCOC3)n1. The van der Waals surface area contributed by atoms with E-state index in [9.17, 15) is 0 Å². The number of ether oxygens (including phenoxy) is 2. The highest BCUT2D eigenvalue weighted by Crippen LogP contribution is 2.37. The molecule has 2 fully saturated rings. The molecular formula is C12H19N3O2. The molecule has 2 unspecified atom stereocenters. The summed E-state index contributed by atoms with van der Waals surface area (Å²) < 4.78 is 13.5. The van der Waals surface area contributed by atoms with Crippen LogP contribution in [0, 0.1) is 0 Å². The lowest BCUT2D eigenvalue weighted by molar-refractivity contribution is -0.165. The van der Waals surface area contributed by atoms with Gasteiger partial charge in [0, 0.05) is 26.4 Å². The molecule has 0 amide bonds. The molecular weight excluding hydrogens is 218 g/mol. The van der Waals surface area contributed by atoms with Gasteiger partial charge in [0.15, 0.2) is 0 Å². The van der Waals surface area contributed by atoms with E-state index in [0.717, 1.165) is 38.3 Å². The average Bonchev–Trinajstić information content (AvgIpc) is 2.77. The van der Waals surface area contributed by atoms with Crippen LogP contribution in [0.15, 0.2) is 12.3 Å². The molecule has 94 valence electrons. The van der Waals surface area contributed by atoms with Crippen molar-refractivity contribution in [2.45, 2.75) is 24.5 Å². The van der Waals surface area contributed by atoms with Gasteiger partial charge in [0.25, 0.3) is 0 Å². The smallest absolute Gasteiger partial charge is 0.113 e. The van der Waals surface area contributed by atoms with E-state index in [0.29, 0.717) is 6.61 Å². The monoisotopic (exact) mass is 237 g/mol. The largest absolute Gasteiger partial charge is 0.378 e. The summed E-state index contributed by atoms with van der Waals surface area (Å²) in [6.07, 6.45) is 4.08. The van der Waals surface area contributed by atoms with Crippen molar-refractivity contribution in [3.05, 3.63) is 18.0 Å². The molecule has 2 aliphatic heterocycles. The summed E-state index contributed by atoms with van der Waals surface area (Å²) in [6.45, 7) is 3.15. The zero-order chi connectivity index (χ0) is 11.7. The Labute approximate surface area is 101 Å². The van der Waals surface area contributed by atoms with Gasteiger partial charge in [-0.3, -0.25) is 4.68 Å². The molecule has 1 N–H and O–H groups in total. The molecule has 0 bridgehead atoms. The Morgan fingerprint density at radius 2 is 2.47 bits per heavy atom. The molecule has 3 rings (SSSR count). The van der Waals surface area contributed by atoms with E-state index in [4.69, 9.17) is 9.47 Å². The van der Waals surface area contributed by atoms with E-state index in [1.165, 1.54) is 0 Å². The zero-order valence-electron chi connectivity index (χ0n) is 10.2. The van der Waals surface area contributed by atoms with E-state index in [1.54, 1.807) is 0 Å². The fourth-order valence-electron chi connectivity index (χ4n) is 2.82. The van der Waals surface area contributed by atoms with Gasteiger partial charge >= 0.3 is 0 Å². The molecule has 1 aromatic rings. The molecule has 0 aromatic carbocycles. The van der Waals surface area contributed by atoms with Crippen LogP contribution in [0.3, 0.4) is 0 Å². The lowest BCUT2D eigenvalue weighted by Crippen LogP contribution is -2.56. The lowest BCUT2D eigenvalue weighted by Gasteiger charge is -2.45. The van der Waals surface area contributed by atoms with Crippen LogP contribution in [0.25, 0.3) is 0 Å². The summed E-state index contributed by atoms with van der Waals surface area (Å²) in [7, 11) is 1.94. The maximum atomic E-state index is 6.05. The second kappa shape index (κ2) is 4.40. The van der Waals surface area contributed by atoms with Crippen LogP contribution >= 0.6 is 0 Å². The van der Waals surface area contributed by atoms with Crippen LogP contribution in [-0.4, -0.2) is 41.7 Å². The third kappa shape index (κ3) is 1.99. The van der Waals surface area contributed by atoms with Crippen LogP contribution in [0.4, 0.5) is 0 Å². The van der Waals surface area contributed by atoms with E-state index in [1.807, 2.05) is 17.9 Å². The Morgan fingerprint density at radius 1 is 1.53 bits per heavy atom. The minimum atomic E-state index is -0.217. The van der Waals surface area contributed by atoms with Gasteiger partial charge in [0.2, 0.25) is 0 Å². The Hall–Kier alpha value is -0.910. The Balaban J connectivity index is 1.89. The van der Waals surface area contributed by atoms with E-state index in [-0.39, 0.29) is 11.6 Å². The van der Waals surface area contributed by atoms with Gasteiger partial charge < -0.3 is 14.8 Å². The van der Waals surface area contributed by atoms with Crippen molar-refractivity contribution in [2.75, 3.05) is 26.4 Å². The van der Waals surface area contributed by atoms with Gasteiger partial charge in [-0.15, -0.1) is 0 Å². The topological polar surface area (TPSA) is 48.3 Å². The van der Waals surface area contributed by atoms with Crippen LogP contribution in [0.5, 0.6) is 0 Å². The molecule has 3 heterocycles. The quantitative estimate of drug-likeness (QED) is 0.778. The number of aryl methyl sites for hydroxylation is 1. The summed E-state index contributed by atoms with van der Waals surface area (Å²) >= 11 is 0. The van der Waals surface area contributed by atoms with Crippen molar-refractivity contribution >= 4 is 0 Å². The second-order valence-electron chi connectivity index (χ2n) is 4.87. The fraction of sp³-hybridized carbons (Fsp3) is 0.750. The van der Waals surface area contributed by atoms with Crippen LogP contribution in [-0.2, 0) is 16.5 Å². The number of morpholine rings is 1. The molecule has 2 aliphatic rings. The van der Waals surface area contributed by atoms with Crippen molar-refractivity contribution in [1.82, 2.24) is 15.1 Å².